The Hall–Kier alpha value is -0.570. The van der Waals surface area contributed by atoms with E-state index in [2.05, 4.69) is 5.16 Å². The Bertz CT molecular complexity index is 134. The first kappa shape index (κ1) is 7.54. The van der Waals surface area contributed by atoms with Crippen molar-refractivity contribution in [3.05, 3.63) is 0 Å². The van der Waals surface area contributed by atoms with Crippen LogP contribution in [0.3, 0.4) is 0 Å². The molecule has 1 aliphatic carbocycles. The van der Waals surface area contributed by atoms with Crippen LogP contribution < -0.4 is 0 Å². The van der Waals surface area contributed by atoms with Crippen molar-refractivity contribution in [2.24, 2.45) is 5.16 Å². The maximum Gasteiger partial charge on any atom is 0.0985 e. The van der Waals surface area contributed by atoms with E-state index in [1.165, 1.54) is 6.42 Å². The summed E-state index contributed by atoms with van der Waals surface area (Å²) in [7, 11) is 1.65. The molecule has 0 saturated heterocycles. The van der Waals surface area contributed by atoms with E-state index in [0.717, 1.165) is 25.0 Å². The van der Waals surface area contributed by atoms with Gasteiger partial charge >= 0.3 is 0 Å². The fourth-order valence-corrected chi connectivity index (χ4v) is 1.33. The van der Waals surface area contributed by atoms with Crippen LogP contribution in [0.15, 0.2) is 5.16 Å². The summed E-state index contributed by atoms with van der Waals surface area (Å²) in [5.74, 6) is 0. The van der Waals surface area contributed by atoms with Gasteiger partial charge in [0.15, 0.2) is 0 Å². The molecule has 1 unspecified atom stereocenters. The monoisotopic (exact) mass is 143 g/mol. The van der Waals surface area contributed by atoms with Crippen LogP contribution in [0.5, 0.6) is 0 Å². The van der Waals surface area contributed by atoms with E-state index in [1.54, 1.807) is 7.11 Å². The Labute approximate surface area is 60.7 Å². The van der Waals surface area contributed by atoms with E-state index in [9.17, 15) is 0 Å². The summed E-state index contributed by atoms with van der Waals surface area (Å²) in [6.45, 7) is 0. The summed E-state index contributed by atoms with van der Waals surface area (Å²) in [6.07, 6.45) is 4.25. The van der Waals surface area contributed by atoms with E-state index in [4.69, 9.17) is 9.94 Å². The van der Waals surface area contributed by atoms with Gasteiger partial charge < -0.3 is 9.94 Å². The summed E-state index contributed by atoms with van der Waals surface area (Å²) in [6, 6.07) is 0. The molecule has 1 aliphatic rings. The number of hydrogen-bond donors (Lipinski definition) is 1. The van der Waals surface area contributed by atoms with Crippen molar-refractivity contribution in [2.75, 3.05) is 7.11 Å². The molecule has 0 aromatic rings. The normalized spacial score (nSPS) is 30.9. The Morgan fingerprint density at radius 3 is 2.90 bits per heavy atom. The van der Waals surface area contributed by atoms with E-state index >= 15 is 0 Å². The zero-order valence-electron chi connectivity index (χ0n) is 6.21. The zero-order valence-corrected chi connectivity index (χ0v) is 6.21. The average molecular weight is 143 g/mol. The third-order valence-corrected chi connectivity index (χ3v) is 1.93. The van der Waals surface area contributed by atoms with Crippen molar-refractivity contribution in [1.29, 1.82) is 0 Å². The molecule has 0 bridgehead atoms. The van der Waals surface area contributed by atoms with Crippen molar-refractivity contribution < 1.29 is 9.94 Å². The van der Waals surface area contributed by atoms with Gasteiger partial charge in [-0.15, -0.1) is 0 Å². The van der Waals surface area contributed by atoms with Crippen molar-refractivity contribution in [2.45, 2.75) is 31.8 Å². The molecule has 0 aromatic heterocycles. The van der Waals surface area contributed by atoms with Crippen LogP contribution in [-0.2, 0) is 4.74 Å². The molecule has 0 aliphatic heterocycles. The van der Waals surface area contributed by atoms with Crippen LogP contribution in [-0.4, -0.2) is 24.1 Å². The molecule has 0 spiro atoms. The second-order valence-electron chi connectivity index (χ2n) is 2.56. The zero-order chi connectivity index (χ0) is 7.40. The molecule has 0 aromatic carbocycles. The molecule has 3 nitrogen and oxygen atoms in total. The number of nitrogens with zero attached hydrogens (tertiary/aromatic N) is 1. The summed E-state index contributed by atoms with van der Waals surface area (Å²) >= 11 is 0. The van der Waals surface area contributed by atoms with Crippen molar-refractivity contribution in [1.82, 2.24) is 0 Å². The molecular weight excluding hydrogens is 130 g/mol. The van der Waals surface area contributed by atoms with Crippen LogP contribution in [0.1, 0.15) is 25.7 Å². The highest BCUT2D eigenvalue weighted by Gasteiger charge is 2.19. The maximum atomic E-state index is 8.50. The summed E-state index contributed by atoms with van der Waals surface area (Å²) in [4.78, 5) is 0. The second-order valence-corrected chi connectivity index (χ2v) is 2.56. The van der Waals surface area contributed by atoms with Crippen LogP contribution in [0, 0.1) is 0 Å². The van der Waals surface area contributed by atoms with Crippen molar-refractivity contribution in [3.63, 3.8) is 0 Å². The fraction of sp³-hybridized carbons (Fsp3) is 0.857. The molecule has 1 N–H and O–H groups in total. The SMILES string of the molecule is COC1CCCC/C1=N/O. The van der Waals surface area contributed by atoms with Crippen molar-refractivity contribution in [3.8, 4) is 0 Å². The number of methoxy groups -OCH3 is 1. The summed E-state index contributed by atoms with van der Waals surface area (Å²) < 4.78 is 5.10. The molecule has 0 amide bonds. The lowest BCUT2D eigenvalue weighted by Crippen LogP contribution is -2.26. The fourth-order valence-electron chi connectivity index (χ4n) is 1.33. The largest absolute Gasteiger partial charge is 0.411 e. The molecule has 1 fully saturated rings. The van der Waals surface area contributed by atoms with E-state index in [0.29, 0.717) is 0 Å². The molecular formula is C7H13NO2. The highest BCUT2D eigenvalue weighted by Crippen LogP contribution is 2.17. The van der Waals surface area contributed by atoms with Gasteiger partial charge in [0.25, 0.3) is 0 Å². The first-order valence-electron chi connectivity index (χ1n) is 3.62. The maximum absolute atomic E-state index is 8.50. The first-order valence-corrected chi connectivity index (χ1v) is 3.62. The molecule has 1 atom stereocenters. The summed E-state index contributed by atoms with van der Waals surface area (Å²) in [5.41, 5.74) is 0.800. The second kappa shape index (κ2) is 3.56. The van der Waals surface area contributed by atoms with Crippen LogP contribution in [0.4, 0.5) is 0 Å². The van der Waals surface area contributed by atoms with Gasteiger partial charge in [-0.2, -0.15) is 0 Å². The van der Waals surface area contributed by atoms with Gasteiger partial charge in [-0.05, 0) is 19.3 Å². The molecule has 0 heterocycles. The first-order chi connectivity index (χ1) is 4.88. The van der Waals surface area contributed by atoms with E-state index in [1.807, 2.05) is 0 Å². The molecule has 58 valence electrons. The van der Waals surface area contributed by atoms with Crippen LogP contribution in [0.2, 0.25) is 0 Å². The topological polar surface area (TPSA) is 41.8 Å². The predicted molar refractivity (Wildman–Crippen MR) is 38.5 cm³/mol. The molecule has 10 heavy (non-hydrogen) atoms. The number of oxime groups is 1. The van der Waals surface area contributed by atoms with Gasteiger partial charge in [0.2, 0.25) is 0 Å². The van der Waals surface area contributed by atoms with Gasteiger partial charge in [-0.1, -0.05) is 11.6 Å². The highest BCUT2D eigenvalue weighted by molar-refractivity contribution is 5.88. The lowest BCUT2D eigenvalue weighted by atomic mass is 9.96. The van der Waals surface area contributed by atoms with E-state index in [-0.39, 0.29) is 6.10 Å². The van der Waals surface area contributed by atoms with Crippen LogP contribution in [0.25, 0.3) is 0 Å². The van der Waals surface area contributed by atoms with E-state index < -0.39 is 0 Å². The lowest BCUT2D eigenvalue weighted by Gasteiger charge is -2.20. The lowest BCUT2D eigenvalue weighted by molar-refractivity contribution is 0.133. The average Bonchev–Trinajstić information content (AvgIpc) is 2.04. The van der Waals surface area contributed by atoms with Crippen molar-refractivity contribution >= 4 is 5.71 Å². The Kier molecular flexibility index (Phi) is 2.68. The smallest absolute Gasteiger partial charge is 0.0985 e. The van der Waals surface area contributed by atoms with Gasteiger partial charge in [-0.3, -0.25) is 0 Å². The number of hydrogen-bond acceptors (Lipinski definition) is 3. The third-order valence-electron chi connectivity index (χ3n) is 1.93. The van der Waals surface area contributed by atoms with Gasteiger partial charge in [0.05, 0.1) is 11.8 Å². The minimum absolute atomic E-state index is 0.0683. The number of rotatable bonds is 1. The highest BCUT2D eigenvalue weighted by atomic mass is 16.5. The van der Waals surface area contributed by atoms with Gasteiger partial charge in [-0.25, -0.2) is 0 Å². The molecule has 0 radical (unpaired) electrons. The van der Waals surface area contributed by atoms with Crippen LogP contribution >= 0.6 is 0 Å². The summed E-state index contributed by atoms with van der Waals surface area (Å²) in [5, 5.41) is 11.7. The standard InChI is InChI=1S/C7H13NO2/c1-10-7-5-3-2-4-6(7)8-9/h7,9H,2-5H2,1H3/b8-6-. The minimum Gasteiger partial charge on any atom is -0.411 e. The van der Waals surface area contributed by atoms with Gasteiger partial charge in [0, 0.05) is 7.11 Å². The third kappa shape index (κ3) is 1.48. The molecule has 1 rings (SSSR count). The predicted octanol–water partition coefficient (Wildman–Crippen LogP) is 1.41. The molecule has 3 heteroatoms. The Morgan fingerprint density at radius 2 is 2.40 bits per heavy atom. The quantitative estimate of drug-likeness (QED) is 0.445. The number of ether oxygens (including phenoxy) is 1. The molecule has 1 saturated carbocycles. The van der Waals surface area contributed by atoms with Gasteiger partial charge in [0.1, 0.15) is 0 Å². The Morgan fingerprint density at radius 1 is 1.60 bits per heavy atom. The minimum atomic E-state index is 0.0683. The Balaban J connectivity index is 2.50.